The minimum absolute atomic E-state index is 0.159. The molecule has 1 heterocycles. The van der Waals surface area contributed by atoms with Crippen molar-refractivity contribution in [3.05, 3.63) is 41.0 Å². The molecule has 0 radical (unpaired) electrons. The van der Waals surface area contributed by atoms with Crippen LogP contribution in [0.1, 0.15) is 26.3 Å². The monoisotopic (exact) mass is 293 g/mol. The molecule has 0 aliphatic carbocycles. The summed E-state index contributed by atoms with van der Waals surface area (Å²) in [6, 6.07) is 10.1. The maximum Gasteiger partial charge on any atom is 0.222 e. The summed E-state index contributed by atoms with van der Waals surface area (Å²) in [5.41, 5.74) is 7.04. The van der Waals surface area contributed by atoms with Crippen molar-refractivity contribution < 1.29 is 0 Å². The predicted octanol–water partition coefficient (Wildman–Crippen LogP) is 4.16. The Morgan fingerprint density at radius 1 is 1.11 bits per heavy atom. The normalized spacial score (nSPS) is 11.6. The Morgan fingerprint density at radius 3 is 2.26 bits per heavy atom. The molecule has 0 aliphatic heterocycles. The molecule has 0 aliphatic rings. The quantitative estimate of drug-likeness (QED) is 0.845. The molecular formula is C14H16ClN3S. The molecule has 1 aromatic carbocycles. The third-order valence-corrected chi connectivity index (χ3v) is 3.75. The fourth-order valence-corrected chi connectivity index (χ4v) is 2.69. The van der Waals surface area contributed by atoms with Gasteiger partial charge >= 0.3 is 0 Å². The van der Waals surface area contributed by atoms with Crippen LogP contribution in [0.25, 0.3) is 0 Å². The van der Waals surface area contributed by atoms with E-state index >= 15 is 0 Å². The lowest BCUT2D eigenvalue weighted by Gasteiger charge is -2.18. The van der Waals surface area contributed by atoms with Crippen LogP contribution < -0.4 is 5.73 Å². The molecule has 2 rings (SSSR count). The van der Waals surface area contributed by atoms with Crippen molar-refractivity contribution in [3.8, 4) is 0 Å². The summed E-state index contributed by atoms with van der Waals surface area (Å²) >= 11 is 7.38. The molecule has 0 saturated carbocycles. The molecule has 0 atom stereocenters. The second kappa shape index (κ2) is 5.39. The van der Waals surface area contributed by atoms with Crippen LogP contribution >= 0.6 is 23.4 Å². The van der Waals surface area contributed by atoms with Crippen LogP contribution in [0, 0.1) is 0 Å². The first kappa shape index (κ1) is 14.2. The lowest BCUT2D eigenvalue weighted by molar-refractivity contribution is 0.590. The zero-order valence-corrected chi connectivity index (χ0v) is 12.7. The van der Waals surface area contributed by atoms with E-state index in [9.17, 15) is 0 Å². The average molecular weight is 294 g/mol. The highest BCUT2D eigenvalue weighted by Gasteiger charge is 2.13. The number of hydrogen-bond acceptors (Lipinski definition) is 4. The van der Waals surface area contributed by atoms with Gasteiger partial charge in [0.2, 0.25) is 5.95 Å². The van der Waals surface area contributed by atoms with Crippen LogP contribution in [0.4, 0.5) is 5.95 Å². The average Bonchev–Trinajstić information content (AvgIpc) is 2.26. The molecule has 0 amide bonds. The summed E-state index contributed by atoms with van der Waals surface area (Å²) in [7, 11) is 0. The molecule has 100 valence electrons. The van der Waals surface area contributed by atoms with Crippen LogP contribution in [0.5, 0.6) is 0 Å². The van der Waals surface area contributed by atoms with Gasteiger partial charge < -0.3 is 5.73 Å². The van der Waals surface area contributed by atoms with Gasteiger partial charge in [-0.15, -0.1) is 0 Å². The van der Waals surface area contributed by atoms with Gasteiger partial charge in [0.1, 0.15) is 10.2 Å². The second-order valence-electron chi connectivity index (χ2n) is 5.26. The number of hydrogen-bond donors (Lipinski definition) is 1. The number of benzene rings is 1. The van der Waals surface area contributed by atoms with E-state index in [-0.39, 0.29) is 11.4 Å². The zero-order valence-electron chi connectivity index (χ0n) is 11.1. The predicted molar refractivity (Wildman–Crippen MR) is 80.7 cm³/mol. The van der Waals surface area contributed by atoms with Crippen LogP contribution in [0.2, 0.25) is 5.15 Å². The van der Waals surface area contributed by atoms with Crippen molar-refractivity contribution in [2.45, 2.75) is 36.1 Å². The highest BCUT2D eigenvalue weighted by molar-refractivity contribution is 7.99. The van der Waals surface area contributed by atoms with E-state index in [1.165, 1.54) is 17.3 Å². The summed E-state index contributed by atoms with van der Waals surface area (Å²) in [5.74, 6) is 0.196. The summed E-state index contributed by atoms with van der Waals surface area (Å²) in [4.78, 5) is 9.09. The fraction of sp³-hybridized carbons (Fsp3) is 0.286. The van der Waals surface area contributed by atoms with Gasteiger partial charge in [-0.1, -0.05) is 56.3 Å². The van der Waals surface area contributed by atoms with Gasteiger partial charge in [-0.2, -0.15) is 0 Å². The van der Waals surface area contributed by atoms with E-state index < -0.39 is 0 Å². The van der Waals surface area contributed by atoms with Crippen molar-refractivity contribution in [1.29, 1.82) is 0 Å². The first-order chi connectivity index (χ1) is 8.84. The topological polar surface area (TPSA) is 51.8 Å². The molecule has 2 N–H and O–H groups in total. The molecular weight excluding hydrogens is 278 g/mol. The SMILES string of the molecule is CC(C)(C)c1ccc(Sc2cc(Cl)nc(N)n2)cc1. The lowest BCUT2D eigenvalue weighted by Crippen LogP contribution is -2.10. The minimum Gasteiger partial charge on any atom is -0.368 e. The molecule has 0 bridgehead atoms. The Balaban J connectivity index is 2.20. The van der Waals surface area contributed by atoms with Crippen molar-refractivity contribution >= 4 is 29.3 Å². The third-order valence-electron chi connectivity index (χ3n) is 2.63. The number of nitrogens with zero attached hydrogens (tertiary/aromatic N) is 2. The summed E-state index contributed by atoms with van der Waals surface area (Å²) < 4.78 is 0. The van der Waals surface area contributed by atoms with Gasteiger partial charge in [0.05, 0.1) is 0 Å². The number of anilines is 1. The number of rotatable bonds is 2. The Hall–Kier alpha value is -1.26. The molecule has 3 nitrogen and oxygen atoms in total. The van der Waals surface area contributed by atoms with E-state index in [0.29, 0.717) is 5.15 Å². The number of halogens is 1. The first-order valence-electron chi connectivity index (χ1n) is 5.93. The zero-order chi connectivity index (χ0) is 14.0. The third kappa shape index (κ3) is 3.85. The first-order valence-corrected chi connectivity index (χ1v) is 7.12. The molecule has 5 heteroatoms. The van der Waals surface area contributed by atoms with E-state index in [1.807, 2.05) is 0 Å². The maximum absolute atomic E-state index is 5.86. The molecule has 0 fully saturated rings. The van der Waals surface area contributed by atoms with E-state index in [2.05, 4.69) is 55.0 Å². The number of nitrogens with two attached hydrogens (primary N) is 1. The molecule has 0 saturated heterocycles. The van der Waals surface area contributed by atoms with Crippen molar-refractivity contribution in [1.82, 2.24) is 9.97 Å². The Kier molecular flexibility index (Phi) is 4.02. The molecule has 1 aromatic heterocycles. The van der Waals surface area contributed by atoms with Gasteiger partial charge in [-0.05, 0) is 23.1 Å². The van der Waals surface area contributed by atoms with Gasteiger partial charge in [0.15, 0.2) is 0 Å². The van der Waals surface area contributed by atoms with Gasteiger partial charge in [-0.25, -0.2) is 9.97 Å². The number of nitrogen functional groups attached to an aromatic ring is 1. The molecule has 0 unspecified atom stereocenters. The molecule has 2 aromatic rings. The lowest BCUT2D eigenvalue weighted by atomic mass is 9.87. The standard InChI is InChI=1S/C14H16ClN3S/c1-14(2,3)9-4-6-10(7-5-9)19-12-8-11(15)17-13(16)18-12/h4-8H,1-3H3,(H2,16,17,18). The Bertz CT molecular complexity index is 556. The minimum atomic E-state index is 0.159. The maximum atomic E-state index is 5.86. The van der Waals surface area contributed by atoms with Crippen LogP contribution in [-0.4, -0.2) is 9.97 Å². The second-order valence-corrected chi connectivity index (χ2v) is 6.74. The van der Waals surface area contributed by atoms with Crippen LogP contribution in [0.3, 0.4) is 0 Å². The Morgan fingerprint density at radius 2 is 1.74 bits per heavy atom. The van der Waals surface area contributed by atoms with E-state index in [0.717, 1.165) is 9.92 Å². The van der Waals surface area contributed by atoms with Crippen molar-refractivity contribution in [2.24, 2.45) is 0 Å². The molecule has 19 heavy (non-hydrogen) atoms. The fourth-order valence-electron chi connectivity index (χ4n) is 1.61. The smallest absolute Gasteiger partial charge is 0.222 e. The summed E-state index contributed by atoms with van der Waals surface area (Å²) in [5, 5.41) is 1.11. The number of aromatic nitrogens is 2. The Labute approximate surface area is 122 Å². The highest BCUT2D eigenvalue weighted by atomic mass is 35.5. The van der Waals surface area contributed by atoms with Crippen molar-refractivity contribution in [2.75, 3.05) is 5.73 Å². The van der Waals surface area contributed by atoms with Gasteiger partial charge in [0, 0.05) is 11.0 Å². The van der Waals surface area contributed by atoms with Crippen molar-refractivity contribution in [3.63, 3.8) is 0 Å². The van der Waals surface area contributed by atoms with Gasteiger partial charge in [0.25, 0.3) is 0 Å². The summed E-state index contributed by atoms with van der Waals surface area (Å²) in [6.07, 6.45) is 0. The van der Waals surface area contributed by atoms with E-state index in [1.54, 1.807) is 6.07 Å². The van der Waals surface area contributed by atoms with Crippen LogP contribution in [0.15, 0.2) is 40.3 Å². The highest BCUT2D eigenvalue weighted by Crippen LogP contribution is 2.30. The van der Waals surface area contributed by atoms with Gasteiger partial charge in [-0.3, -0.25) is 0 Å². The largest absolute Gasteiger partial charge is 0.368 e. The molecule has 0 spiro atoms. The summed E-state index contributed by atoms with van der Waals surface area (Å²) in [6.45, 7) is 6.58. The van der Waals surface area contributed by atoms with E-state index in [4.69, 9.17) is 17.3 Å². The van der Waals surface area contributed by atoms with Crippen LogP contribution in [-0.2, 0) is 5.41 Å².